The highest BCUT2D eigenvalue weighted by molar-refractivity contribution is 5.93. The zero-order valence-corrected chi connectivity index (χ0v) is 10.2. The molecule has 1 aromatic rings. The first-order valence-corrected chi connectivity index (χ1v) is 5.74. The summed E-state index contributed by atoms with van der Waals surface area (Å²) in [5.74, 6) is 0.143. The molecule has 2 rings (SSSR count). The Morgan fingerprint density at radius 2 is 2.25 bits per heavy atom. The van der Waals surface area contributed by atoms with Crippen molar-refractivity contribution < 1.29 is 4.79 Å². The SMILES string of the molecule is Cc1ccc(C(=O)N2CCN[C@H](C)C2)n1C. The topological polar surface area (TPSA) is 37.3 Å². The number of nitrogens with one attached hydrogen (secondary N) is 1. The van der Waals surface area contributed by atoms with Gasteiger partial charge < -0.3 is 14.8 Å². The molecule has 1 aromatic heterocycles. The first kappa shape index (κ1) is 11.2. The average Bonchev–Trinajstić information content (AvgIpc) is 2.59. The molecular formula is C12H19N3O. The van der Waals surface area contributed by atoms with E-state index in [1.807, 2.05) is 35.6 Å². The number of carbonyl (C=O) groups is 1. The van der Waals surface area contributed by atoms with Gasteiger partial charge in [-0.05, 0) is 26.0 Å². The molecule has 1 fully saturated rings. The summed E-state index contributed by atoms with van der Waals surface area (Å²) in [4.78, 5) is 14.2. The lowest BCUT2D eigenvalue weighted by molar-refractivity contribution is 0.0699. The van der Waals surface area contributed by atoms with Crippen molar-refractivity contribution in [1.29, 1.82) is 0 Å². The van der Waals surface area contributed by atoms with Crippen molar-refractivity contribution in [3.05, 3.63) is 23.5 Å². The summed E-state index contributed by atoms with van der Waals surface area (Å²) in [7, 11) is 1.94. The molecule has 4 nitrogen and oxygen atoms in total. The van der Waals surface area contributed by atoms with Gasteiger partial charge in [-0.1, -0.05) is 0 Å². The predicted molar refractivity (Wildman–Crippen MR) is 63.5 cm³/mol. The number of carbonyl (C=O) groups excluding carboxylic acids is 1. The molecule has 1 N–H and O–H groups in total. The van der Waals surface area contributed by atoms with Gasteiger partial charge in [0.05, 0.1) is 0 Å². The van der Waals surface area contributed by atoms with Gasteiger partial charge in [0.2, 0.25) is 0 Å². The summed E-state index contributed by atoms with van der Waals surface area (Å²) >= 11 is 0. The van der Waals surface area contributed by atoms with E-state index in [1.54, 1.807) is 0 Å². The summed E-state index contributed by atoms with van der Waals surface area (Å²) in [6.07, 6.45) is 0. The molecule has 1 saturated heterocycles. The van der Waals surface area contributed by atoms with Crippen molar-refractivity contribution in [1.82, 2.24) is 14.8 Å². The lowest BCUT2D eigenvalue weighted by atomic mass is 10.2. The lowest BCUT2D eigenvalue weighted by Gasteiger charge is -2.32. The molecule has 0 aliphatic carbocycles. The maximum atomic E-state index is 12.3. The second kappa shape index (κ2) is 4.29. The van der Waals surface area contributed by atoms with Gasteiger partial charge in [-0.15, -0.1) is 0 Å². The molecular weight excluding hydrogens is 202 g/mol. The normalized spacial score (nSPS) is 21.2. The second-order valence-corrected chi connectivity index (χ2v) is 4.53. The molecule has 1 aliphatic rings. The van der Waals surface area contributed by atoms with Gasteiger partial charge >= 0.3 is 0 Å². The van der Waals surface area contributed by atoms with Crippen LogP contribution in [0.5, 0.6) is 0 Å². The number of piperazine rings is 1. The summed E-state index contributed by atoms with van der Waals surface area (Å²) in [6, 6.07) is 4.28. The van der Waals surface area contributed by atoms with Crippen LogP contribution in [0.25, 0.3) is 0 Å². The number of aromatic nitrogens is 1. The van der Waals surface area contributed by atoms with E-state index in [0.717, 1.165) is 31.0 Å². The highest BCUT2D eigenvalue weighted by atomic mass is 16.2. The first-order chi connectivity index (χ1) is 7.59. The Morgan fingerprint density at radius 3 is 2.81 bits per heavy atom. The van der Waals surface area contributed by atoms with Crippen molar-refractivity contribution in [2.45, 2.75) is 19.9 Å². The fraction of sp³-hybridized carbons (Fsp3) is 0.583. The highest BCUT2D eigenvalue weighted by Gasteiger charge is 2.23. The van der Waals surface area contributed by atoms with Gasteiger partial charge in [-0.3, -0.25) is 4.79 Å². The molecule has 0 radical (unpaired) electrons. The van der Waals surface area contributed by atoms with Crippen LogP contribution in [0.3, 0.4) is 0 Å². The molecule has 1 aliphatic heterocycles. The van der Waals surface area contributed by atoms with Crippen molar-refractivity contribution in [3.8, 4) is 0 Å². The maximum Gasteiger partial charge on any atom is 0.270 e. The van der Waals surface area contributed by atoms with Gasteiger partial charge in [0, 0.05) is 38.4 Å². The third-order valence-corrected chi connectivity index (χ3v) is 3.25. The zero-order valence-electron chi connectivity index (χ0n) is 10.2. The standard InChI is InChI=1S/C12H19N3O/c1-9-8-15(7-6-13-9)12(16)11-5-4-10(2)14(11)3/h4-5,9,13H,6-8H2,1-3H3/t9-/m1/s1. The molecule has 0 spiro atoms. The lowest BCUT2D eigenvalue weighted by Crippen LogP contribution is -2.51. The van der Waals surface area contributed by atoms with Gasteiger partial charge in [0.25, 0.3) is 5.91 Å². The molecule has 0 unspecified atom stereocenters. The van der Waals surface area contributed by atoms with Gasteiger partial charge in [-0.25, -0.2) is 0 Å². The molecule has 1 atom stereocenters. The molecule has 0 aromatic carbocycles. The Kier molecular flexibility index (Phi) is 3.01. The van der Waals surface area contributed by atoms with Crippen LogP contribution in [0.1, 0.15) is 23.1 Å². The van der Waals surface area contributed by atoms with Crippen LogP contribution in [0, 0.1) is 6.92 Å². The minimum atomic E-state index is 0.143. The number of aryl methyl sites for hydroxylation is 1. The number of hydrogen-bond donors (Lipinski definition) is 1. The third-order valence-electron chi connectivity index (χ3n) is 3.25. The van der Waals surface area contributed by atoms with E-state index in [9.17, 15) is 4.79 Å². The molecule has 4 heteroatoms. The van der Waals surface area contributed by atoms with E-state index in [0.29, 0.717) is 6.04 Å². The predicted octanol–water partition coefficient (Wildman–Crippen LogP) is 0.767. The fourth-order valence-electron chi connectivity index (χ4n) is 2.11. The van der Waals surface area contributed by atoms with E-state index >= 15 is 0 Å². The van der Waals surface area contributed by atoms with E-state index in [2.05, 4.69) is 12.2 Å². The minimum Gasteiger partial charge on any atom is -0.344 e. The van der Waals surface area contributed by atoms with Crippen LogP contribution >= 0.6 is 0 Å². The van der Waals surface area contributed by atoms with Crippen molar-refractivity contribution >= 4 is 5.91 Å². The maximum absolute atomic E-state index is 12.3. The van der Waals surface area contributed by atoms with Gasteiger partial charge in [0.1, 0.15) is 5.69 Å². The number of rotatable bonds is 1. The average molecular weight is 221 g/mol. The second-order valence-electron chi connectivity index (χ2n) is 4.53. The zero-order chi connectivity index (χ0) is 11.7. The number of amides is 1. The van der Waals surface area contributed by atoms with Crippen LogP contribution in [-0.2, 0) is 7.05 Å². The summed E-state index contributed by atoms with van der Waals surface area (Å²) in [5.41, 5.74) is 1.90. The Morgan fingerprint density at radius 1 is 1.50 bits per heavy atom. The van der Waals surface area contributed by atoms with Crippen molar-refractivity contribution in [3.63, 3.8) is 0 Å². The summed E-state index contributed by atoms with van der Waals surface area (Å²) in [5, 5.41) is 3.34. The Bertz CT molecular complexity index is 397. The van der Waals surface area contributed by atoms with Crippen LogP contribution in [0.15, 0.2) is 12.1 Å². The van der Waals surface area contributed by atoms with Crippen LogP contribution < -0.4 is 5.32 Å². The van der Waals surface area contributed by atoms with Gasteiger partial charge in [0.15, 0.2) is 0 Å². The van der Waals surface area contributed by atoms with Gasteiger partial charge in [-0.2, -0.15) is 0 Å². The molecule has 0 bridgehead atoms. The molecule has 88 valence electrons. The summed E-state index contributed by atoms with van der Waals surface area (Å²) in [6.45, 7) is 6.60. The Balaban J connectivity index is 2.15. The Hall–Kier alpha value is -1.29. The van der Waals surface area contributed by atoms with Crippen molar-refractivity contribution in [2.75, 3.05) is 19.6 Å². The quantitative estimate of drug-likeness (QED) is 0.760. The molecule has 2 heterocycles. The first-order valence-electron chi connectivity index (χ1n) is 5.74. The monoisotopic (exact) mass is 221 g/mol. The van der Waals surface area contributed by atoms with E-state index < -0.39 is 0 Å². The fourth-order valence-corrected chi connectivity index (χ4v) is 2.11. The molecule has 1 amide bonds. The third kappa shape index (κ3) is 1.97. The minimum absolute atomic E-state index is 0.143. The largest absolute Gasteiger partial charge is 0.344 e. The Labute approximate surface area is 96.2 Å². The highest BCUT2D eigenvalue weighted by Crippen LogP contribution is 2.10. The van der Waals surface area contributed by atoms with E-state index in [4.69, 9.17) is 0 Å². The molecule has 0 saturated carbocycles. The van der Waals surface area contributed by atoms with E-state index in [1.165, 1.54) is 0 Å². The van der Waals surface area contributed by atoms with Crippen LogP contribution in [0.4, 0.5) is 0 Å². The number of nitrogens with zero attached hydrogens (tertiary/aromatic N) is 2. The smallest absolute Gasteiger partial charge is 0.270 e. The van der Waals surface area contributed by atoms with E-state index in [-0.39, 0.29) is 5.91 Å². The molecule has 16 heavy (non-hydrogen) atoms. The van der Waals surface area contributed by atoms with Crippen LogP contribution in [-0.4, -0.2) is 41.1 Å². The summed E-state index contributed by atoms with van der Waals surface area (Å²) < 4.78 is 1.95. The van der Waals surface area contributed by atoms with Crippen molar-refractivity contribution in [2.24, 2.45) is 7.05 Å². The number of hydrogen-bond acceptors (Lipinski definition) is 2. The van der Waals surface area contributed by atoms with Crippen LogP contribution in [0.2, 0.25) is 0 Å².